The van der Waals surface area contributed by atoms with Crippen LogP contribution in [0.25, 0.3) is 0 Å². The SMILES string of the molecule is NCCCC1C(=O)N(CC(=O)O)CCN1C(=O)CNC(=O)OCc1ccccc1. The van der Waals surface area contributed by atoms with Crippen LogP contribution in [0.4, 0.5) is 4.79 Å². The second-order valence-corrected chi connectivity index (χ2v) is 6.60. The van der Waals surface area contributed by atoms with E-state index in [9.17, 15) is 19.2 Å². The van der Waals surface area contributed by atoms with Crippen molar-refractivity contribution in [1.29, 1.82) is 0 Å². The highest BCUT2D eigenvalue weighted by Gasteiger charge is 2.37. The van der Waals surface area contributed by atoms with E-state index in [0.717, 1.165) is 5.56 Å². The fraction of sp³-hybridized carbons (Fsp3) is 0.474. The number of nitrogens with zero attached hydrogens (tertiary/aromatic N) is 2. The number of carbonyl (C=O) groups is 4. The lowest BCUT2D eigenvalue weighted by Crippen LogP contribution is -2.60. The first-order valence-corrected chi connectivity index (χ1v) is 9.37. The Kier molecular flexibility index (Phi) is 8.41. The zero-order chi connectivity index (χ0) is 21.2. The highest BCUT2D eigenvalue weighted by Crippen LogP contribution is 2.16. The number of carbonyl (C=O) groups excluding carboxylic acids is 3. The van der Waals surface area contributed by atoms with E-state index in [1.807, 2.05) is 30.3 Å². The third kappa shape index (κ3) is 6.75. The molecule has 1 heterocycles. The maximum atomic E-state index is 12.6. The summed E-state index contributed by atoms with van der Waals surface area (Å²) in [6, 6.07) is 8.32. The average molecular weight is 406 g/mol. The topological polar surface area (TPSA) is 142 Å². The van der Waals surface area contributed by atoms with Crippen LogP contribution in [-0.4, -0.2) is 77.5 Å². The molecule has 0 bridgehead atoms. The minimum absolute atomic E-state index is 0.0757. The van der Waals surface area contributed by atoms with Crippen LogP contribution >= 0.6 is 0 Å². The van der Waals surface area contributed by atoms with Crippen LogP contribution in [0.1, 0.15) is 18.4 Å². The first-order valence-electron chi connectivity index (χ1n) is 9.37. The third-order valence-electron chi connectivity index (χ3n) is 4.51. The maximum Gasteiger partial charge on any atom is 0.407 e. The molecule has 1 aliphatic rings. The zero-order valence-corrected chi connectivity index (χ0v) is 16.1. The molecule has 0 spiro atoms. The van der Waals surface area contributed by atoms with Crippen LogP contribution in [-0.2, 0) is 25.7 Å². The molecule has 1 aliphatic heterocycles. The van der Waals surface area contributed by atoms with Crippen molar-refractivity contribution >= 4 is 23.9 Å². The normalized spacial score (nSPS) is 16.4. The number of carboxylic acids is 1. The molecule has 2 rings (SSSR count). The van der Waals surface area contributed by atoms with Gasteiger partial charge < -0.3 is 30.7 Å². The quantitative estimate of drug-likeness (QED) is 0.514. The van der Waals surface area contributed by atoms with Crippen molar-refractivity contribution in [3.63, 3.8) is 0 Å². The number of nitrogens with two attached hydrogens (primary N) is 1. The Morgan fingerprint density at radius 3 is 2.59 bits per heavy atom. The standard InChI is InChI=1S/C19H26N4O6/c20-8-4-7-15-18(27)22(12-17(25)26)9-10-23(15)16(24)11-21-19(28)29-13-14-5-2-1-3-6-14/h1-3,5-6,15H,4,7-13,20H2,(H,21,28)(H,25,26). The van der Waals surface area contributed by atoms with Gasteiger partial charge in [-0.2, -0.15) is 0 Å². The molecule has 1 saturated heterocycles. The van der Waals surface area contributed by atoms with Gasteiger partial charge in [0.25, 0.3) is 0 Å². The molecular weight excluding hydrogens is 380 g/mol. The van der Waals surface area contributed by atoms with Gasteiger partial charge in [-0.3, -0.25) is 14.4 Å². The maximum absolute atomic E-state index is 12.6. The molecule has 29 heavy (non-hydrogen) atoms. The van der Waals surface area contributed by atoms with E-state index in [0.29, 0.717) is 19.4 Å². The summed E-state index contributed by atoms with van der Waals surface area (Å²) < 4.78 is 5.06. The van der Waals surface area contributed by atoms with Gasteiger partial charge >= 0.3 is 12.1 Å². The Morgan fingerprint density at radius 2 is 1.93 bits per heavy atom. The molecular formula is C19H26N4O6. The first kappa shape index (κ1) is 22.2. The molecule has 4 N–H and O–H groups in total. The molecule has 3 amide bonds. The van der Waals surface area contributed by atoms with Crippen LogP contribution in [0, 0.1) is 0 Å². The summed E-state index contributed by atoms with van der Waals surface area (Å²) in [4.78, 5) is 50.5. The molecule has 0 radical (unpaired) electrons. The Morgan fingerprint density at radius 1 is 1.21 bits per heavy atom. The lowest BCUT2D eigenvalue weighted by atomic mass is 10.0. The summed E-state index contributed by atoms with van der Waals surface area (Å²) in [7, 11) is 0. The molecule has 1 unspecified atom stereocenters. The number of alkyl carbamates (subject to hydrolysis) is 1. The fourth-order valence-electron chi connectivity index (χ4n) is 3.07. The molecule has 1 aromatic carbocycles. The number of ether oxygens (including phenoxy) is 1. The molecule has 0 aliphatic carbocycles. The van der Waals surface area contributed by atoms with Crippen molar-refractivity contribution in [1.82, 2.24) is 15.1 Å². The average Bonchev–Trinajstić information content (AvgIpc) is 2.71. The van der Waals surface area contributed by atoms with Gasteiger partial charge in [0.05, 0.1) is 0 Å². The molecule has 10 nitrogen and oxygen atoms in total. The van der Waals surface area contributed by atoms with E-state index in [4.69, 9.17) is 15.6 Å². The summed E-state index contributed by atoms with van der Waals surface area (Å²) in [6.07, 6.45) is 0.0973. The number of aliphatic carboxylic acids is 1. The number of benzene rings is 1. The molecule has 1 atom stereocenters. The molecule has 158 valence electrons. The molecule has 1 aromatic rings. The van der Waals surface area contributed by atoms with Crippen LogP contribution < -0.4 is 11.1 Å². The lowest BCUT2D eigenvalue weighted by Gasteiger charge is -2.40. The largest absolute Gasteiger partial charge is 0.480 e. The minimum atomic E-state index is -1.11. The van der Waals surface area contributed by atoms with E-state index in [1.54, 1.807) is 0 Å². The van der Waals surface area contributed by atoms with Gasteiger partial charge in [0.2, 0.25) is 11.8 Å². The fourth-order valence-corrected chi connectivity index (χ4v) is 3.07. The number of carboxylic acid groups (broad SMARTS) is 1. The van der Waals surface area contributed by atoms with Crippen molar-refractivity contribution < 1.29 is 29.0 Å². The van der Waals surface area contributed by atoms with Gasteiger partial charge in [-0.15, -0.1) is 0 Å². The predicted molar refractivity (Wildman–Crippen MR) is 103 cm³/mol. The van der Waals surface area contributed by atoms with Gasteiger partial charge in [0.1, 0.15) is 25.7 Å². The van der Waals surface area contributed by atoms with E-state index in [2.05, 4.69) is 5.32 Å². The van der Waals surface area contributed by atoms with Crippen molar-refractivity contribution in [2.24, 2.45) is 5.73 Å². The summed E-state index contributed by atoms with van der Waals surface area (Å²) >= 11 is 0. The van der Waals surface area contributed by atoms with Gasteiger partial charge in [-0.05, 0) is 24.9 Å². The van der Waals surface area contributed by atoms with E-state index in [1.165, 1.54) is 9.80 Å². The van der Waals surface area contributed by atoms with Gasteiger partial charge in [-0.25, -0.2) is 4.79 Å². The Labute approximate surface area is 168 Å². The van der Waals surface area contributed by atoms with Gasteiger partial charge in [-0.1, -0.05) is 30.3 Å². The van der Waals surface area contributed by atoms with Crippen LogP contribution in [0.3, 0.4) is 0 Å². The highest BCUT2D eigenvalue weighted by atomic mass is 16.5. The molecule has 10 heteroatoms. The number of amides is 3. The molecule has 0 saturated carbocycles. The van der Waals surface area contributed by atoms with Gasteiger partial charge in [0.15, 0.2) is 0 Å². The highest BCUT2D eigenvalue weighted by molar-refractivity contribution is 5.92. The van der Waals surface area contributed by atoms with Crippen molar-refractivity contribution in [3.05, 3.63) is 35.9 Å². The third-order valence-corrected chi connectivity index (χ3v) is 4.51. The smallest absolute Gasteiger partial charge is 0.407 e. The lowest BCUT2D eigenvalue weighted by molar-refractivity contribution is -0.155. The second-order valence-electron chi connectivity index (χ2n) is 6.60. The molecule has 1 fully saturated rings. The van der Waals surface area contributed by atoms with Gasteiger partial charge in [0, 0.05) is 13.1 Å². The summed E-state index contributed by atoms with van der Waals surface area (Å²) in [5, 5.41) is 11.3. The van der Waals surface area contributed by atoms with Crippen LogP contribution in [0.5, 0.6) is 0 Å². The molecule has 0 aromatic heterocycles. The number of piperazine rings is 1. The predicted octanol–water partition coefficient (Wildman–Crippen LogP) is -0.224. The first-order chi connectivity index (χ1) is 13.9. The monoisotopic (exact) mass is 406 g/mol. The van der Waals surface area contributed by atoms with Crippen molar-refractivity contribution in [2.75, 3.05) is 32.7 Å². The number of hydrogen-bond acceptors (Lipinski definition) is 6. The number of hydrogen-bond donors (Lipinski definition) is 3. The summed E-state index contributed by atoms with van der Waals surface area (Å²) in [5.41, 5.74) is 6.33. The Balaban J connectivity index is 1.88. The Hall–Kier alpha value is -3.14. The summed E-state index contributed by atoms with van der Waals surface area (Å²) in [6.45, 7) is -0.00750. The second kappa shape index (κ2) is 11.0. The zero-order valence-electron chi connectivity index (χ0n) is 16.1. The van der Waals surface area contributed by atoms with Crippen molar-refractivity contribution in [2.45, 2.75) is 25.5 Å². The van der Waals surface area contributed by atoms with E-state index in [-0.39, 0.29) is 26.2 Å². The summed E-state index contributed by atoms with van der Waals surface area (Å²) in [5.74, 6) is -1.97. The van der Waals surface area contributed by atoms with E-state index >= 15 is 0 Å². The van der Waals surface area contributed by atoms with Crippen molar-refractivity contribution in [3.8, 4) is 0 Å². The number of rotatable bonds is 9. The van der Waals surface area contributed by atoms with Crippen LogP contribution in [0.2, 0.25) is 0 Å². The Bertz CT molecular complexity index is 727. The van der Waals surface area contributed by atoms with Crippen LogP contribution in [0.15, 0.2) is 30.3 Å². The minimum Gasteiger partial charge on any atom is -0.480 e. The van der Waals surface area contributed by atoms with E-state index < -0.39 is 36.5 Å². The number of nitrogens with one attached hydrogen (secondary N) is 1.